The number of hydrogen-bond acceptors (Lipinski definition) is 3. The molecule has 0 fully saturated rings. The Morgan fingerprint density at radius 2 is 1.95 bits per heavy atom. The summed E-state index contributed by atoms with van der Waals surface area (Å²) in [6, 6.07) is 10.3. The second kappa shape index (κ2) is 6.68. The molecule has 1 aromatic carbocycles. The fourth-order valence-electron chi connectivity index (χ4n) is 2.11. The van der Waals surface area contributed by atoms with Crippen molar-refractivity contribution in [3.8, 4) is 0 Å². The Kier molecular flexibility index (Phi) is 4.93. The van der Waals surface area contributed by atoms with Gasteiger partial charge >= 0.3 is 0 Å². The number of hydrogen-bond donors (Lipinski definition) is 1. The Bertz CT molecular complexity index is 542. The summed E-state index contributed by atoms with van der Waals surface area (Å²) in [6.45, 7) is 4.51. The van der Waals surface area contributed by atoms with Crippen LogP contribution in [-0.2, 0) is 13.1 Å². The van der Waals surface area contributed by atoms with Crippen LogP contribution >= 0.6 is 15.9 Å². The molecule has 0 spiro atoms. The molecule has 0 unspecified atom stereocenters. The van der Waals surface area contributed by atoms with Crippen LogP contribution in [-0.4, -0.2) is 11.5 Å². The summed E-state index contributed by atoms with van der Waals surface area (Å²) in [5.74, 6) is 0. The van der Waals surface area contributed by atoms with Crippen LogP contribution in [0, 0.1) is 0 Å². The minimum atomic E-state index is 0.575. The first-order valence-corrected chi connectivity index (χ1v) is 7.16. The van der Waals surface area contributed by atoms with Crippen molar-refractivity contribution in [2.75, 3.05) is 11.4 Å². The van der Waals surface area contributed by atoms with Crippen LogP contribution in [0.2, 0.25) is 0 Å². The van der Waals surface area contributed by atoms with Gasteiger partial charge in [0.2, 0.25) is 0 Å². The standard InChI is InChI=1S/C15H18BrN3/c1-2-19(15-7-8-18-10-14(15)16)11-13-6-4-3-5-12(13)9-17/h3-8,10H,2,9,11,17H2,1H3. The van der Waals surface area contributed by atoms with Crippen LogP contribution < -0.4 is 10.6 Å². The molecule has 2 rings (SSSR count). The molecule has 2 aromatic rings. The molecular weight excluding hydrogens is 302 g/mol. The Morgan fingerprint density at radius 3 is 2.58 bits per heavy atom. The van der Waals surface area contributed by atoms with Gasteiger partial charge in [0.1, 0.15) is 0 Å². The van der Waals surface area contributed by atoms with Gasteiger partial charge in [-0.1, -0.05) is 24.3 Å². The van der Waals surface area contributed by atoms with Gasteiger partial charge < -0.3 is 10.6 Å². The Labute approximate surface area is 122 Å². The van der Waals surface area contributed by atoms with Crippen molar-refractivity contribution in [1.82, 2.24) is 4.98 Å². The lowest BCUT2D eigenvalue weighted by molar-refractivity contribution is 0.816. The van der Waals surface area contributed by atoms with E-state index in [-0.39, 0.29) is 0 Å². The summed E-state index contributed by atoms with van der Waals surface area (Å²) in [4.78, 5) is 6.41. The summed E-state index contributed by atoms with van der Waals surface area (Å²) in [5, 5.41) is 0. The van der Waals surface area contributed by atoms with Gasteiger partial charge in [-0.05, 0) is 40.0 Å². The molecule has 100 valence electrons. The molecule has 1 aromatic heterocycles. The van der Waals surface area contributed by atoms with Gasteiger partial charge in [0, 0.05) is 32.0 Å². The number of nitrogens with zero attached hydrogens (tertiary/aromatic N) is 2. The highest BCUT2D eigenvalue weighted by Crippen LogP contribution is 2.26. The van der Waals surface area contributed by atoms with Crippen molar-refractivity contribution >= 4 is 21.6 Å². The van der Waals surface area contributed by atoms with E-state index in [2.05, 4.69) is 50.9 Å². The van der Waals surface area contributed by atoms with Gasteiger partial charge in [-0.3, -0.25) is 4.98 Å². The molecule has 0 saturated heterocycles. The first-order chi connectivity index (χ1) is 9.26. The van der Waals surface area contributed by atoms with E-state index in [0.717, 1.165) is 23.2 Å². The zero-order valence-corrected chi connectivity index (χ0v) is 12.6. The topological polar surface area (TPSA) is 42.1 Å². The molecule has 0 amide bonds. The Hall–Kier alpha value is -1.39. The fraction of sp³-hybridized carbons (Fsp3) is 0.267. The number of pyridine rings is 1. The smallest absolute Gasteiger partial charge is 0.0592 e. The van der Waals surface area contributed by atoms with E-state index in [1.165, 1.54) is 11.1 Å². The average Bonchev–Trinajstić information content (AvgIpc) is 2.46. The molecule has 0 radical (unpaired) electrons. The van der Waals surface area contributed by atoms with Crippen molar-refractivity contribution < 1.29 is 0 Å². The molecule has 0 aliphatic rings. The fourth-order valence-corrected chi connectivity index (χ4v) is 2.61. The highest BCUT2D eigenvalue weighted by molar-refractivity contribution is 9.10. The predicted octanol–water partition coefficient (Wildman–Crippen LogP) is 3.33. The van der Waals surface area contributed by atoms with Gasteiger partial charge in [0.25, 0.3) is 0 Å². The maximum absolute atomic E-state index is 5.80. The van der Waals surface area contributed by atoms with E-state index in [1.807, 2.05) is 24.5 Å². The number of halogens is 1. The van der Waals surface area contributed by atoms with Gasteiger partial charge in [-0.2, -0.15) is 0 Å². The lowest BCUT2D eigenvalue weighted by atomic mass is 10.1. The Morgan fingerprint density at radius 1 is 1.21 bits per heavy atom. The third-order valence-corrected chi connectivity index (χ3v) is 3.78. The summed E-state index contributed by atoms with van der Waals surface area (Å²) in [5.41, 5.74) is 9.43. The minimum absolute atomic E-state index is 0.575. The number of rotatable bonds is 5. The van der Waals surface area contributed by atoms with Crippen LogP contribution in [0.4, 0.5) is 5.69 Å². The second-order valence-electron chi connectivity index (χ2n) is 4.31. The SMILES string of the molecule is CCN(Cc1ccccc1CN)c1ccncc1Br. The summed E-state index contributed by atoms with van der Waals surface area (Å²) in [7, 11) is 0. The van der Waals surface area contributed by atoms with E-state index >= 15 is 0 Å². The number of aromatic nitrogens is 1. The zero-order chi connectivity index (χ0) is 13.7. The van der Waals surface area contributed by atoms with Crippen molar-refractivity contribution in [1.29, 1.82) is 0 Å². The molecule has 2 N–H and O–H groups in total. The van der Waals surface area contributed by atoms with Crippen LogP contribution in [0.25, 0.3) is 0 Å². The van der Waals surface area contributed by atoms with Crippen LogP contribution in [0.1, 0.15) is 18.1 Å². The number of nitrogens with two attached hydrogens (primary N) is 1. The average molecular weight is 320 g/mol. The molecule has 0 saturated carbocycles. The highest BCUT2D eigenvalue weighted by Gasteiger charge is 2.10. The molecule has 1 heterocycles. The molecule has 0 bridgehead atoms. The minimum Gasteiger partial charge on any atom is -0.366 e. The summed E-state index contributed by atoms with van der Waals surface area (Å²) in [6.07, 6.45) is 3.64. The summed E-state index contributed by atoms with van der Waals surface area (Å²) >= 11 is 3.56. The molecule has 3 nitrogen and oxygen atoms in total. The number of benzene rings is 1. The maximum atomic E-state index is 5.80. The van der Waals surface area contributed by atoms with E-state index in [9.17, 15) is 0 Å². The lowest BCUT2D eigenvalue weighted by Crippen LogP contribution is -2.23. The maximum Gasteiger partial charge on any atom is 0.0592 e. The second-order valence-corrected chi connectivity index (χ2v) is 5.17. The van der Waals surface area contributed by atoms with Crippen molar-refractivity contribution in [2.24, 2.45) is 5.73 Å². The third kappa shape index (κ3) is 3.33. The van der Waals surface area contributed by atoms with E-state index in [0.29, 0.717) is 6.54 Å². The summed E-state index contributed by atoms with van der Waals surface area (Å²) < 4.78 is 1.02. The molecular formula is C15H18BrN3. The molecule has 0 atom stereocenters. The predicted molar refractivity (Wildman–Crippen MR) is 83.0 cm³/mol. The van der Waals surface area contributed by atoms with E-state index in [1.54, 1.807) is 0 Å². The first kappa shape index (κ1) is 14.0. The van der Waals surface area contributed by atoms with Crippen LogP contribution in [0.5, 0.6) is 0 Å². The highest BCUT2D eigenvalue weighted by atomic mass is 79.9. The van der Waals surface area contributed by atoms with E-state index in [4.69, 9.17) is 5.73 Å². The van der Waals surface area contributed by atoms with Gasteiger partial charge in [0.05, 0.1) is 10.2 Å². The Balaban J connectivity index is 2.27. The van der Waals surface area contributed by atoms with Gasteiger partial charge in [-0.15, -0.1) is 0 Å². The molecule has 19 heavy (non-hydrogen) atoms. The number of anilines is 1. The first-order valence-electron chi connectivity index (χ1n) is 6.37. The molecule has 0 aliphatic carbocycles. The normalized spacial score (nSPS) is 10.5. The van der Waals surface area contributed by atoms with Gasteiger partial charge in [-0.25, -0.2) is 0 Å². The quantitative estimate of drug-likeness (QED) is 0.919. The van der Waals surface area contributed by atoms with E-state index < -0.39 is 0 Å². The monoisotopic (exact) mass is 319 g/mol. The van der Waals surface area contributed by atoms with Crippen molar-refractivity contribution in [3.63, 3.8) is 0 Å². The van der Waals surface area contributed by atoms with Gasteiger partial charge in [0.15, 0.2) is 0 Å². The van der Waals surface area contributed by atoms with Crippen LogP contribution in [0.3, 0.4) is 0 Å². The lowest BCUT2D eigenvalue weighted by Gasteiger charge is -2.25. The molecule has 4 heteroatoms. The van der Waals surface area contributed by atoms with Crippen LogP contribution in [0.15, 0.2) is 47.2 Å². The third-order valence-electron chi connectivity index (χ3n) is 3.17. The van der Waals surface area contributed by atoms with Crippen molar-refractivity contribution in [2.45, 2.75) is 20.0 Å². The molecule has 0 aliphatic heterocycles. The zero-order valence-electron chi connectivity index (χ0n) is 11.0. The largest absolute Gasteiger partial charge is 0.366 e. The van der Waals surface area contributed by atoms with Crippen molar-refractivity contribution in [3.05, 3.63) is 58.3 Å².